The predicted molar refractivity (Wildman–Crippen MR) is 98.1 cm³/mol. The minimum atomic E-state index is -0.603. The van der Waals surface area contributed by atoms with Crippen molar-refractivity contribution in [1.29, 1.82) is 0 Å². The number of aromatic amines is 1. The minimum absolute atomic E-state index is 0.111. The number of hydrogen-bond acceptors (Lipinski definition) is 3. The summed E-state index contributed by atoms with van der Waals surface area (Å²) in [4.78, 5) is 28.9. The molecule has 0 amide bonds. The van der Waals surface area contributed by atoms with Crippen LogP contribution >= 0.6 is 0 Å². The highest BCUT2D eigenvalue weighted by Gasteiger charge is 2.25. The van der Waals surface area contributed by atoms with Gasteiger partial charge in [0.25, 0.3) is 0 Å². The molecule has 0 unspecified atom stereocenters. The van der Waals surface area contributed by atoms with Crippen LogP contribution in [0.5, 0.6) is 0 Å². The fourth-order valence-electron chi connectivity index (χ4n) is 2.90. The predicted octanol–water partition coefficient (Wildman–Crippen LogP) is 4.66. The number of hydrogen-bond donors (Lipinski definition) is 1. The zero-order chi connectivity index (χ0) is 18.2. The highest BCUT2D eigenvalue weighted by molar-refractivity contribution is 6.21. The quantitative estimate of drug-likeness (QED) is 0.559. The molecule has 0 radical (unpaired) electrons. The molecule has 0 atom stereocenters. The van der Waals surface area contributed by atoms with Gasteiger partial charge in [-0.25, -0.2) is 4.79 Å². The topological polar surface area (TPSA) is 59.2 Å². The van der Waals surface area contributed by atoms with E-state index < -0.39 is 11.6 Å². The second-order valence-corrected chi connectivity index (χ2v) is 7.05. The Labute approximate surface area is 146 Å². The van der Waals surface area contributed by atoms with E-state index in [9.17, 15) is 9.59 Å². The van der Waals surface area contributed by atoms with E-state index in [2.05, 4.69) is 4.98 Å². The van der Waals surface area contributed by atoms with Gasteiger partial charge in [0, 0.05) is 22.2 Å². The maximum absolute atomic E-state index is 13.0. The van der Waals surface area contributed by atoms with Crippen LogP contribution in [0.4, 0.5) is 0 Å². The second-order valence-electron chi connectivity index (χ2n) is 7.05. The molecule has 1 heterocycles. The van der Waals surface area contributed by atoms with Crippen LogP contribution in [-0.2, 0) is 4.74 Å². The van der Waals surface area contributed by atoms with Gasteiger partial charge in [0.05, 0.1) is 11.1 Å². The van der Waals surface area contributed by atoms with E-state index in [1.807, 2.05) is 52.0 Å². The molecule has 0 aliphatic carbocycles. The summed E-state index contributed by atoms with van der Waals surface area (Å²) < 4.78 is 5.52. The van der Waals surface area contributed by atoms with E-state index in [-0.39, 0.29) is 5.78 Å². The van der Waals surface area contributed by atoms with E-state index in [0.29, 0.717) is 22.1 Å². The largest absolute Gasteiger partial charge is 0.456 e. The van der Waals surface area contributed by atoms with Gasteiger partial charge in [0.2, 0.25) is 0 Å². The molecule has 0 spiro atoms. The summed E-state index contributed by atoms with van der Waals surface area (Å²) in [6.45, 7) is 7.31. The van der Waals surface area contributed by atoms with Crippen molar-refractivity contribution in [3.8, 4) is 0 Å². The van der Waals surface area contributed by atoms with Gasteiger partial charge in [-0.2, -0.15) is 0 Å². The van der Waals surface area contributed by atoms with E-state index in [0.717, 1.165) is 11.2 Å². The fourth-order valence-corrected chi connectivity index (χ4v) is 2.90. The van der Waals surface area contributed by atoms with Gasteiger partial charge >= 0.3 is 5.97 Å². The van der Waals surface area contributed by atoms with Crippen molar-refractivity contribution in [3.63, 3.8) is 0 Å². The number of nitrogens with one attached hydrogen (secondary N) is 1. The first-order chi connectivity index (χ1) is 11.8. The summed E-state index contributed by atoms with van der Waals surface area (Å²) in [5.41, 5.74) is 2.39. The molecule has 1 N–H and O–H groups in total. The molecular weight excluding hydrogens is 314 g/mol. The van der Waals surface area contributed by atoms with Crippen molar-refractivity contribution < 1.29 is 14.3 Å². The van der Waals surface area contributed by atoms with Crippen LogP contribution < -0.4 is 0 Å². The number of fused-ring (bicyclic) bond motifs is 1. The van der Waals surface area contributed by atoms with E-state index >= 15 is 0 Å². The van der Waals surface area contributed by atoms with Crippen molar-refractivity contribution in [2.45, 2.75) is 33.3 Å². The molecule has 0 bridgehead atoms. The van der Waals surface area contributed by atoms with E-state index in [1.54, 1.807) is 24.3 Å². The lowest BCUT2D eigenvalue weighted by atomic mass is 9.97. The fraction of sp³-hybridized carbons (Fsp3) is 0.238. The third kappa shape index (κ3) is 3.33. The zero-order valence-corrected chi connectivity index (χ0v) is 14.8. The van der Waals surface area contributed by atoms with Gasteiger partial charge in [-0.1, -0.05) is 36.4 Å². The Morgan fingerprint density at radius 1 is 0.960 bits per heavy atom. The summed E-state index contributed by atoms with van der Waals surface area (Å²) in [6.07, 6.45) is 0. The molecule has 2 aromatic carbocycles. The lowest BCUT2D eigenvalue weighted by Crippen LogP contribution is -2.24. The molecule has 4 nitrogen and oxygen atoms in total. The van der Waals surface area contributed by atoms with Crippen LogP contribution in [0.3, 0.4) is 0 Å². The Kier molecular flexibility index (Phi) is 4.21. The number of benzene rings is 2. The molecule has 128 valence electrons. The number of H-pyrrole nitrogens is 1. The molecule has 0 fully saturated rings. The molecule has 3 rings (SSSR count). The number of rotatable bonds is 3. The minimum Gasteiger partial charge on any atom is -0.456 e. The van der Waals surface area contributed by atoms with Crippen LogP contribution in [0.15, 0.2) is 48.5 Å². The van der Waals surface area contributed by atoms with E-state index in [4.69, 9.17) is 4.74 Å². The van der Waals surface area contributed by atoms with Crippen molar-refractivity contribution in [1.82, 2.24) is 4.98 Å². The summed E-state index contributed by atoms with van der Waals surface area (Å²) in [5.74, 6) is -0.542. The van der Waals surface area contributed by atoms with Crippen LogP contribution in [0.25, 0.3) is 10.9 Å². The second kappa shape index (κ2) is 6.20. The van der Waals surface area contributed by atoms with Gasteiger partial charge in [0.1, 0.15) is 5.60 Å². The van der Waals surface area contributed by atoms with Gasteiger partial charge < -0.3 is 9.72 Å². The van der Waals surface area contributed by atoms with Crippen LogP contribution in [0, 0.1) is 6.92 Å². The summed E-state index contributed by atoms with van der Waals surface area (Å²) in [6, 6.07) is 14.4. The smallest absolute Gasteiger partial charge is 0.339 e. The Morgan fingerprint density at radius 2 is 1.64 bits per heavy atom. The van der Waals surface area contributed by atoms with Crippen molar-refractivity contribution >= 4 is 22.7 Å². The Bertz CT molecular complexity index is 946. The first-order valence-corrected chi connectivity index (χ1v) is 8.22. The molecule has 3 aromatic rings. The van der Waals surface area contributed by atoms with E-state index in [1.165, 1.54) is 0 Å². The first kappa shape index (κ1) is 17.0. The van der Waals surface area contributed by atoms with Crippen molar-refractivity contribution in [2.24, 2.45) is 0 Å². The molecule has 4 heteroatoms. The number of esters is 1. The Hall–Kier alpha value is -2.88. The number of ketones is 1. The van der Waals surface area contributed by atoms with Gasteiger partial charge in [-0.15, -0.1) is 0 Å². The average Bonchev–Trinajstić information content (AvgIpc) is 2.89. The number of aromatic nitrogens is 1. The lowest BCUT2D eigenvalue weighted by molar-refractivity contribution is 0.00718. The molecule has 25 heavy (non-hydrogen) atoms. The van der Waals surface area contributed by atoms with Crippen LogP contribution in [0.2, 0.25) is 0 Å². The summed E-state index contributed by atoms with van der Waals surface area (Å²) in [5, 5.41) is 0.614. The SMILES string of the molecule is Cc1[nH]c2cccc(C(=O)OC(C)(C)C)c2c1C(=O)c1ccccc1. The first-order valence-electron chi connectivity index (χ1n) is 8.22. The third-order valence-corrected chi connectivity index (χ3v) is 3.89. The molecular formula is C21H21NO3. The third-order valence-electron chi connectivity index (χ3n) is 3.89. The maximum Gasteiger partial charge on any atom is 0.339 e. The summed E-state index contributed by atoms with van der Waals surface area (Å²) in [7, 11) is 0. The number of ether oxygens (including phenoxy) is 1. The Morgan fingerprint density at radius 3 is 2.28 bits per heavy atom. The lowest BCUT2D eigenvalue weighted by Gasteiger charge is -2.20. The van der Waals surface area contributed by atoms with Crippen molar-refractivity contribution in [3.05, 3.63) is 70.9 Å². The normalized spacial score (nSPS) is 11.5. The van der Waals surface area contributed by atoms with Crippen LogP contribution in [-0.4, -0.2) is 22.3 Å². The molecule has 0 aliphatic rings. The average molecular weight is 335 g/mol. The highest BCUT2D eigenvalue weighted by atomic mass is 16.6. The number of aryl methyl sites for hydroxylation is 1. The molecule has 1 aromatic heterocycles. The Balaban J connectivity index is 2.18. The maximum atomic E-state index is 13.0. The van der Waals surface area contributed by atoms with Crippen molar-refractivity contribution in [2.75, 3.05) is 0 Å². The molecule has 0 saturated heterocycles. The number of carbonyl (C=O) groups excluding carboxylic acids is 2. The molecule has 0 saturated carbocycles. The van der Waals surface area contributed by atoms with Gasteiger partial charge in [-0.05, 0) is 39.8 Å². The van der Waals surface area contributed by atoms with Crippen LogP contribution in [0.1, 0.15) is 52.7 Å². The standard InChI is InChI=1S/C21H21NO3/c1-13-17(19(23)14-9-6-5-7-10-14)18-15(11-8-12-16(18)22-13)20(24)25-21(2,3)4/h5-12,22H,1-4H3. The molecule has 0 aliphatic heterocycles. The monoisotopic (exact) mass is 335 g/mol. The van der Waals surface area contributed by atoms with Gasteiger partial charge in [0.15, 0.2) is 5.78 Å². The zero-order valence-electron chi connectivity index (χ0n) is 14.8. The number of carbonyl (C=O) groups is 2. The van der Waals surface area contributed by atoms with Gasteiger partial charge in [-0.3, -0.25) is 4.79 Å². The highest BCUT2D eigenvalue weighted by Crippen LogP contribution is 2.29. The summed E-state index contributed by atoms with van der Waals surface area (Å²) >= 11 is 0.